The molecule has 0 bridgehead atoms. The number of carbonyl (C=O) groups is 1. The van der Waals surface area contributed by atoms with Crippen molar-refractivity contribution in [3.8, 4) is 0 Å². The number of rotatable bonds is 4. The lowest BCUT2D eigenvalue weighted by molar-refractivity contribution is 0.0509. The maximum atomic E-state index is 12.6. The van der Waals surface area contributed by atoms with Gasteiger partial charge in [-0.1, -0.05) is 6.07 Å². The molecule has 6 heteroatoms. The Labute approximate surface area is 154 Å². The molecule has 2 aromatic heterocycles. The number of likely N-dealkylation sites (tertiary alicyclic amines) is 2. The molecule has 0 spiro atoms. The van der Waals surface area contributed by atoms with E-state index in [0.29, 0.717) is 17.7 Å². The molecule has 138 valence electrons. The minimum atomic E-state index is 0.0701. The van der Waals surface area contributed by atoms with Crippen LogP contribution in [0.3, 0.4) is 0 Å². The topological polar surface area (TPSA) is 54.3 Å². The second kappa shape index (κ2) is 7.99. The van der Waals surface area contributed by atoms with E-state index in [2.05, 4.69) is 25.6 Å². The van der Waals surface area contributed by atoms with E-state index in [1.807, 2.05) is 29.6 Å². The van der Waals surface area contributed by atoms with E-state index < -0.39 is 0 Å². The maximum absolute atomic E-state index is 12.6. The third kappa shape index (κ3) is 3.96. The first kappa shape index (κ1) is 17.2. The van der Waals surface area contributed by atoms with Gasteiger partial charge < -0.3 is 9.47 Å². The van der Waals surface area contributed by atoms with Crippen molar-refractivity contribution in [3.63, 3.8) is 0 Å². The third-order valence-corrected chi connectivity index (χ3v) is 5.73. The van der Waals surface area contributed by atoms with Crippen molar-refractivity contribution >= 4 is 5.91 Å². The molecular formula is C20H27N5O. The number of hydrogen-bond donors (Lipinski definition) is 0. The molecule has 26 heavy (non-hydrogen) atoms. The zero-order valence-electron chi connectivity index (χ0n) is 15.2. The van der Waals surface area contributed by atoms with Gasteiger partial charge in [-0.05, 0) is 50.3 Å². The number of hydrogen-bond acceptors (Lipinski definition) is 4. The monoisotopic (exact) mass is 353 g/mol. The summed E-state index contributed by atoms with van der Waals surface area (Å²) >= 11 is 0. The minimum absolute atomic E-state index is 0.0701. The van der Waals surface area contributed by atoms with E-state index >= 15 is 0 Å². The van der Waals surface area contributed by atoms with Gasteiger partial charge in [0.25, 0.3) is 5.91 Å². The molecule has 0 aliphatic carbocycles. The van der Waals surface area contributed by atoms with Gasteiger partial charge in [-0.2, -0.15) is 0 Å². The molecule has 4 rings (SSSR count). The Hall–Kier alpha value is -2.21. The standard InChI is InChI=1S/C20H27N5O/c26-20(19-5-1-2-8-22-19)24-11-6-18(7-12-24)25-10-3-4-17(15-25)14-23-13-9-21-16-23/h1-2,5,8-9,13,16-18H,3-4,6-7,10-12,14-15H2. The van der Waals surface area contributed by atoms with E-state index in [1.165, 1.54) is 19.4 Å². The summed E-state index contributed by atoms with van der Waals surface area (Å²) in [6.07, 6.45) is 12.2. The van der Waals surface area contributed by atoms with Crippen molar-refractivity contribution < 1.29 is 4.79 Å². The summed E-state index contributed by atoms with van der Waals surface area (Å²) in [4.78, 5) is 25.5. The molecule has 0 N–H and O–H groups in total. The number of aromatic nitrogens is 3. The normalized spacial score (nSPS) is 22.5. The summed E-state index contributed by atoms with van der Waals surface area (Å²) in [6.45, 7) is 5.09. The smallest absolute Gasteiger partial charge is 0.272 e. The van der Waals surface area contributed by atoms with Crippen LogP contribution in [0.2, 0.25) is 0 Å². The highest BCUT2D eigenvalue weighted by atomic mass is 16.2. The van der Waals surface area contributed by atoms with Crippen molar-refractivity contribution in [1.29, 1.82) is 0 Å². The fraction of sp³-hybridized carbons (Fsp3) is 0.550. The van der Waals surface area contributed by atoms with Gasteiger partial charge >= 0.3 is 0 Å². The van der Waals surface area contributed by atoms with Gasteiger partial charge in [0, 0.05) is 50.8 Å². The number of imidazole rings is 1. The molecule has 2 saturated heterocycles. The fourth-order valence-corrected chi connectivity index (χ4v) is 4.36. The second-order valence-electron chi connectivity index (χ2n) is 7.50. The van der Waals surface area contributed by atoms with E-state index in [4.69, 9.17) is 0 Å². The summed E-state index contributed by atoms with van der Waals surface area (Å²) in [7, 11) is 0. The first-order valence-electron chi connectivity index (χ1n) is 9.69. The molecule has 4 heterocycles. The van der Waals surface area contributed by atoms with Crippen LogP contribution in [0, 0.1) is 5.92 Å². The van der Waals surface area contributed by atoms with Crippen LogP contribution in [-0.4, -0.2) is 62.5 Å². The summed E-state index contributed by atoms with van der Waals surface area (Å²) in [5.41, 5.74) is 0.560. The molecule has 2 aromatic rings. The summed E-state index contributed by atoms with van der Waals surface area (Å²) in [6, 6.07) is 6.13. The Morgan fingerprint density at radius 3 is 2.73 bits per heavy atom. The first-order chi connectivity index (χ1) is 12.8. The molecule has 2 aliphatic rings. The highest BCUT2D eigenvalue weighted by Crippen LogP contribution is 2.25. The Balaban J connectivity index is 1.29. The van der Waals surface area contributed by atoms with Crippen LogP contribution in [0.25, 0.3) is 0 Å². The van der Waals surface area contributed by atoms with E-state index in [-0.39, 0.29) is 5.91 Å². The molecule has 2 aliphatic heterocycles. The Morgan fingerprint density at radius 2 is 2.00 bits per heavy atom. The predicted octanol–water partition coefficient (Wildman–Crippen LogP) is 2.29. The highest BCUT2D eigenvalue weighted by molar-refractivity contribution is 5.92. The zero-order chi connectivity index (χ0) is 17.8. The highest BCUT2D eigenvalue weighted by Gasteiger charge is 2.30. The quantitative estimate of drug-likeness (QED) is 0.846. The lowest BCUT2D eigenvalue weighted by atomic mass is 9.93. The van der Waals surface area contributed by atoms with Crippen LogP contribution in [-0.2, 0) is 6.54 Å². The first-order valence-corrected chi connectivity index (χ1v) is 9.69. The zero-order valence-corrected chi connectivity index (χ0v) is 15.2. The van der Waals surface area contributed by atoms with Crippen molar-refractivity contribution in [1.82, 2.24) is 24.3 Å². The third-order valence-electron chi connectivity index (χ3n) is 5.73. The lowest BCUT2D eigenvalue weighted by Gasteiger charge is -2.42. The van der Waals surface area contributed by atoms with Crippen LogP contribution in [0.5, 0.6) is 0 Å². The molecular weight excluding hydrogens is 326 g/mol. The van der Waals surface area contributed by atoms with Crippen molar-refractivity contribution in [2.75, 3.05) is 26.2 Å². The van der Waals surface area contributed by atoms with E-state index in [1.54, 1.807) is 12.3 Å². The number of carbonyl (C=O) groups excluding carboxylic acids is 1. The van der Waals surface area contributed by atoms with Crippen LogP contribution in [0.1, 0.15) is 36.2 Å². The van der Waals surface area contributed by atoms with Gasteiger partial charge in [0.05, 0.1) is 6.33 Å². The van der Waals surface area contributed by atoms with Gasteiger partial charge in [-0.25, -0.2) is 4.98 Å². The van der Waals surface area contributed by atoms with E-state index in [9.17, 15) is 4.79 Å². The van der Waals surface area contributed by atoms with Crippen molar-refractivity contribution in [2.24, 2.45) is 5.92 Å². The molecule has 0 radical (unpaired) electrons. The van der Waals surface area contributed by atoms with Crippen molar-refractivity contribution in [2.45, 2.75) is 38.3 Å². The molecule has 1 unspecified atom stereocenters. The predicted molar refractivity (Wildman–Crippen MR) is 99.7 cm³/mol. The molecule has 1 amide bonds. The lowest BCUT2D eigenvalue weighted by Crippen LogP contribution is -2.50. The Morgan fingerprint density at radius 1 is 1.12 bits per heavy atom. The molecule has 6 nitrogen and oxygen atoms in total. The summed E-state index contributed by atoms with van der Waals surface area (Å²) in [5.74, 6) is 0.770. The molecule has 2 fully saturated rings. The summed E-state index contributed by atoms with van der Waals surface area (Å²) < 4.78 is 2.20. The maximum Gasteiger partial charge on any atom is 0.272 e. The van der Waals surface area contributed by atoms with Gasteiger partial charge in [-0.3, -0.25) is 14.7 Å². The number of nitrogens with zero attached hydrogens (tertiary/aromatic N) is 5. The molecule has 1 atom stereocenters. The Kier molecular flexibility index (Phi) is 5.29. The van der Waals surface area contributed by atoms with Crippen LogP contribution < -0.4 is 0 Å². The van der Waals surface area contributed by atoms with E-state index in [0.717, 1.165) is 39.0 Å². The van der Waals surface area contributed by atoms with Gasteiger partial charge in [0.15, 0.2) is 0 Å². The van der Waals surface area contributed by atoms with Crippen LogP contribution >= 0.6 is 0 Å². The Bertz CT molecular complexity index is 694. The average molecular weight is 353 g/mol. The number of amides is 1. The average Bonchev–Trinajstić information content (AvgIpc) is 3.21. The SMILES string of the molecule is O=C(c1ccccn1)N1CCC(N2CCCC(Cn3ccnc3)C2)CC1. The van der Waals surface area contributed by atoms with Crippen LogP contribution in [0.15, 0.2) is 43.1 Å². The summed E-state index contributed by atoms with van der Waals surface area (Å²) in [5, 5.41) is 0. The number of piperidine rings is 2. The van der Waals surface area contributed by atoms with Gasteiger partial charge in [0.1, 0.15) is 5.69 Å². The minimum Gasteiger partial charge on any atom is -0.337 e. The molecule has 0 saturated carbocycles. The van der Waals surface area contributed by atoms with Gasteiger partial charge in [-0.15, -0.1) is 0 Å². The van der Waals surface area contributed by atoms with Gasteiger partial charge in [0.2, 0.25) is 0 Å². The molecule has 0 aromatic carbocycles. The largest absolute Gasteiger partial charge is 0.337 e. The second-order valence-corrected chi connectivity index (χ2v) is 7.50. The number of pyridine rings is 1. The fourth-order valence-electron chi connectivity index (χ4n) is 4.36. The van der Waals surface area contributed by atoms with Crippen LogP contribution in [0.4, 0.5) is 0 Å². The van der Waals surface area contributed by atoms with Crippen molar-refractivity contribution in [3.05, 3.63) is 48.8 Å².